The summed E-state index contributed by atoms with van der Waals surface area (Å²) in [6, 6.07) is 5.28. The van der Waals surface area contributed by atoms with E-state index in [9.17, 15) is 15.0 Å². The number of nitrogens with zero attached hydrogens (tertiary/aromatic N) is 3. The SMILES string of the molecule is Cc1cc(C(=O)NC(C)N(C)c2cc(CNCCO)cc(Cl)c2O)nc2c1CCN(CCO)C2. The Morgan fingerprint density at radius 3 is 2.76 bits per heavy atom. The van der Waals surface area contributed by atoms with Crippen molar-refractivity contribution in [1.82, 2.24) is 20.5 Å². The Bertz CT molecular complexity index is 1020. The molecule has 34 heavy (non-hydrogen) atoms. The van der Waals surface area contributed by atoms with E-state index < -0.39 is 6.17 Å². The second-order valence-electron chi connectivity index (χ2n) is 8.61. The molecule has 0 spiro atoms. The van der Waals surface area contributed by atoms with E-state index in [0.717, 1.165) is 29.8 Å². The number of carbonyl (C=O) groups is 1. The summed E-state index contributed by atoms with van der Waals surface area (Å²) >= 11 is 6.23. The zero-order valence-corrected chi connectivity index (χ0v) is 20.7. The van der Waals surface area contributed by atoms with Gasteiger partial charge in [-0.05, 0) is 55.2 Å². The number of nitrogens with one attached hydrogen (secondary N) is 2. The first kappa shape index (κ1) is 26.2. The Morgan fingerprint density at radius 1 is 1.29 bits per heavy atom. The van der Waals surface area contributed by atoms with Crippen molar-refractivity contribution in [2.45, 2.75) is 39.5 Å². The van der Waals surface area contributed by atoms with Gasteiger partial charge in [0.1, 0.15) is 5.69 Å². The summed E-state index contributed by atoms with van der Waals surface area (Å²) in [5, 5.41) is 35.0. The molecule has 0 fully saturated rings. The maximum atomic E-state index is 13.1. The molecule has 1 aliphatic heterocycles. The second kappa shape index (κ2) is 11.8. The molecule has 1 aromatic heterocycles. The number of fused-ring (bicyclic) bond motifs is 1. The molecular formula is C24H34ClN5O4. The van der Waals surface area contributed by atoms with Crippen LogP contribution in [0.2, 0.25) is 5.02 Å². The molecule has 1 amide bonds. The van der Waals surface area contributed by atoms with Crippen LogP contribution < -0.4 is 15.5 Å². The molecule has 2 aromatic rings. The van der Waals surface area contributed by atoms with E-state index in [1.54, 1.807) is 24.1 Å². The van der Waals surface area contributed by atoms with Gasteiger partial charge in [0.05, 0.1) is 35.8 Å². The van der Waals surface area contributed by atoms with Gasteiger partial charge in [-0.3, -0.25) is 9.69 Å². The zero-order valence-electron chi connectivity index (χ0n) is 19.9. The quantitative estimate of drug-likeness (QED) is 0.250. The number of hydrogen-bond acceptors (Lipinski definition) is 8. The summed E-state index contributed by atoms with van der Waals surface area (Å²) < 4.78 is 0. The van der Waals surface area contributed by atoms with E-state index in [1.807, 2.05) is 19.9 Å². The number of halogens is 1. The number of amides is 1. The molecule has 0 saturated carbocycles. The van der Waals surface area contributed by atoms with Crippen molar-refractivity contribution in [3.8, 4) is 5.75 Å². The number of rotatable bonds is 10. The topological polar surface area (TPSA) is 121 Å². The number of aromatic nitrogens is 1. The van der Waals surface area contributed by atoms with Crippen LogP contribution in [0.1, 0.15) is 39.8 Å². The number of hydrogen-bond donors (Lipinski definition) is 5. The lowest BCUT2D eigenvalue weighted by Crippen LogP contribution is -2.45. The number of aryl methyl sites for hydroxylation is 1. The number of carbonyl (C=O) groups excluding carboxylic acids is 1. The van der Waals surface area contributed by atoms with Crippen LogP contribution in [0.4, 0.5) is 5.69 Å². The number of β-amino-alcohol motifs (C(OH)–C–C–N with tert-alkyl or cyclic N) is 1. The molecule has 0 radical (unpaired) electrons. The lowest BCUT2D eigenvalue weighted by Gasteiger charge is -2.30. The maximum Gasteiger partial charge on any atom is 0.271 e. The van der Waals surface area contributed by atoms with Gasteiger partial charge in [-0.25, -0.2) is 4.98 Å². The number of pyridine rings is 1. The molecule has 10 heteroatoms. The fourth-order valence-corrected chi connectivity index (χ4v) is 4.37. The van der Waals surface area contributed by atoms with Gasteiger partial charge >= 0.3 is 0 Å². The third-order valence-corrected chi connectivity index (χ3v) is 6.44. The highest BCUT2D eigenvalue weighted by Gasteiger charge is 2.23. The molecule has 0 bridgehead atoms. The fraction of sp³-hybridized carbons (Fsp3) is 0.500. The lowest BCUT2D eigenvalue weighted by atomic mass is 9.99. The van der Waals surface area contributed by atoms with Gasteiger partial charge in [0, 0.05) is 39.8 Å². The minimum Gasteiger partial charge on any atom is -0.504 e. The number of aliphatic hydroxyl groups excluding tert-OH is 2. The van der Waals surface area contributed by atoms with E-state index in [2.05, 4.69) is 20.5 Å². The standard InChI is InChI=1S/C24H34ClN5O4/c1-15-10-20(28-21-14-30(7-9-32)6-4-18(15)21)24(34)27-16(2)29(3)22-12-17(13-26-5-8-31)11-19(25)23(22)33/h10-12,16,26,31-33H,4-9,13-14H2,1-3H3,(H,27,34). The third-order valence-electron chi connectivity index (χ3n) is 6.15. The highest BCUT2D eigenvalue weighted by molar-refractivity contribution is 6.32. The van der Waals surface area contributed by atoms with E-state index in [-0.39, 0.29) is 29.9 Å². The predicted octanol–water partition coefficient (Wildman–Crippen LogP) is 1.39. The molecule has 0 saturated heterocycles. The fourth-order valence-electron chi connectivity index (χ4n) is 4.14. The Balaban J connectivity index is 1.74. The Kier molecular flexibility index (Phi) is 9.10. The summed E-state index contributed by atoms with van der Waals surface area (Å²) in [6.45, 7) is 6.90. The highest BCUT2D eigenvalue weighted by Crippen LogP contribution is 2.36. The maximum absolute atomic E-state index is 13.1. The van der Waals surface area contributed by atoms with E-state index in [4.69, 9.17) is 16.7 Å². The largest absolute Gasteiger partial charge is 0.504 e. The number of aromatic hydroxyl groups is 1. The van der Waals surface area contributed by atoms with Crippen LogP contribution in [0.3, 0.4) is 0 Å². The van der Waals surface area contributed by atoms with Gasteiger partial charge in [0.15, 0.2) is 5.75 Å². The molecule has 1 aliphatic rings. The smallest absolute Gasteiger partial charge is 0.271 e. The number of benzene rings is 1. The average Bonchev–Trinajstić information content (AvgIpc) is 2.80. The molecule has 3 rings (SSSR count). The molecule has 1 aromatic carbocycles. The molecule has 1 atom stereocenters. The van der Waals surface area contributed by atoms with Crippen LogP contribution in [-0.4, -0.2) is 77.2 Å². The van der Waals surface area contributed by atoms with E-state index >= 15 is 0 Å². The monoisotopic (exact) mass is 491 g/mol. The molecule has 5 N–H and O–H groups in total. The van der Waals surface area contributed by atoms with Crippen LogP contribution in [0.25, 0.3) is 0 Å². The van der Waals surface area contributed by atoms with Crippen LogP contribution in [0, 0.1) is 6.92 Å². The van der Waals surface area contributed by atoms with Crippen molar-refractivity contribution >= 4 is 23.2 Å². The minimum absolute atomic E-state index is 0.0251. The Hall–Kier alpha value is -2.43. The van der Waals surface area contributed by atoms with Gasteiger partial charge in [-0.1, -0.05) is 11.6 Å². The molecule has 0 aliphatic carbocycles. The molecule has 186 valence electrons. The Morgan fingerprint density at radius 2 is 2.06 bits per heavy atom. The van der Waals surface area contributed by atoms with Crippen LogP contribution in [-0.2, 0) is 19.5 Å². The number of phenols is 1. The molecule has 2 heterocycles. The van der Waals surface area contributed by atoms with Gasteiger partial charge < -0.3 is 30.9 Å². The van der Waals surface area contributed by atoms with Crippen molar-refractivity contribution in [1.29, 1.82) is 0 Å². The van der Waals surface area contributed by atoms with E-state index in [0.29, 0.717) is 37.6 Å². The minimum atomic E-state index is -0.459. The summed E-state index contributed by atoms with van der Waals surface area (Å²) in [6.07, 6.45) is 0.387. The molecule has 1 unspecified atom stereocenters. The van der Waals surface area contributed by atoms with Gasteiger partial charge in [-0.2, -0.15) is 0 Å². The third kappa shape index (κ3) is 6.17. The second-order valence-corrected chi connectivity index (χ2v) is 9.01. The van der Waals surface area contributed by atoms with Crippen molar-refractivity contribution < 1.29 is 20.1 Å². The first-order valence-corrected chi connectivity index (χ1v) is 11.8. The highest BCUT2D eigenvalue weighted by atomic mass is 35.5. The van der Waals surface area contributed by atoms with Crippen LogP contribution >= 0.6 is 11.6 Å². The normalized spacial score (nSPS) is 14.5. The Labute approximate surface area is 205 Å². The van der Waals surface area contributed by atoms with Crippen LogP contribution in [0.5, 0.6) is 5.75 Å². The summed E-state index contributed by atoms with van der Waals surface area (Å²) in [7, 11) is 1.76. The number of anilines is 1. The lowest BCUT2D eigenvalue weighted by molar-refractivity contribution is 0.0933. The van der Waals surface area contributed by atoms with Gasteiger partial charge in [-0.15, -0.1) is 0 Å². The molecular weight excluding hydrogens is 458 g/mol. The van der Waals surface area contributed by atoms with Gasteiger partial charge in [0.25, 0.3) is 5.91 Å². The van der Waals surface area contributed by atoms with Gasteiger partial charge in [0.2, 0.25) is 0 Å². The summed E-state index contributed by atoms with van der Waals surface area (Å²) in [5.74, 6) is -0.376. The van der Waals surface area contributed by atoms with Crippen molar-refractivity contribution in [2.75, 3.05) is 44.8 Å². The van der Waals surface area contributed by atoms with Crippen molar-refractivity contribution in [2.24, 2.45) is 0 Å². The predicted molar refractivity (Wildman–Crippen MR) is 132 cm³/mol. The van der Waals surface area contributed by atoms with E-state index in [1.165, 1.54) is 5.56 Å². The van der Waals surface area contributed by atoms with Crippen molar-refractivity contribution in [3.63, 3.8) is 0 Å². The number of aliphatic hydroxyl groups is 2. The first-order valence-electron chi connectivity index (χ1n) is 11.4. The number of phenolic OH excluding ortho intramolecular Hbond substituents is 1. The average molecular weight is 492 g/mol. The summed E-state index contributed by atoms with van der Waals surface area (Å²) in [5.41, 5.74) is 4.74. The van der Waals surface area contributed by atoms with Crippen LogP contribution in [0.15, 0.2) is 18.2 Å². The zero-order chi connectivity index (χ0) is 24.8. The first-order chi connectivity index (χ1) is 16.2. The van der Waals surface area contributed by atoms with Crippen molar-refractivity contribution in [3.05, 3.63) is 51.3 Å². The molecule has 9 nitrogen and oxygen atoms in total. The summed E-state index contributed by atoms with van der Waals surface area (Å²) in [4.78, 5) is 21.5.